The summed E-state index contributed by atoms with van der Waals surface area (Å²) in [4.78, 5) is 11.1. The Balaban J connectivity index is 3.04. The molecule has 1 nitrogen and oxygen atoms in total. The van der Waals surface area contributed by atoms with Crippen LogP contribution in [0.2, 0.25) is 0 Å². The van der Waals surface area contributed by atoms with E-state index in [2.05, 4.69) is 0 Å². The second-order valence-corrected chi connectivity index (χ2v) is 3.31. The molecule has 15 heavy (non-hydrogen) atoms. The van der Waals surface area contributed by atoms with E-state index in [4.69, 9.17) is 0 Å². The Bertz CT molecular complexity index is 360. The van der Waals surface area contributed by atoms with Gasteiger partial charge in [-0.1, -0.05) is 48.6 Å². The molecule has 0 aliphatic rings. The van der Waals surface area contributed by atoms with Gasteiger partial charge in [0.25, 0.3) is 0 Å². The minimum absolute atomic E-state index is 0.146. The smallest absolute Gasteiger partial charge is 0.131 e. The van der Waals surface area contributed by atoms with Crippen molar-refractivity contribution in [3.63, 3.8) is 0 Å². The first-order valence-corrected chi connectivity index (χ1v) is 5.12. The molecule has 1 atom stereocenters. The predicted octanol–water partition coefficient (Wildman–Crippen LogP) is 3.49. The molecular weight excluding hydrogens is 184 g/mol. The molecular formula is C14H16O. The molecule has 1 heteroatoms. The van der Waals surface area contributed by atoms with Crippen molar-refractivity contribution in [1.29, 1.82) is 0 Å². The quantitative estimate of drug-likeness (QED) is 0.537. The van der Waals surface area contributed by atoms with Gasteiger partial charge < -0.3 is 4.79 Å². The van der Waals surface area contributed by atoms with E-state index in [0.29, 0.717) is 0 Å². The standard InChI is InChI=1S/C14H16O/c1-3-8-12(4-2)14(11-15)13-9-6-5-7-10-13/h3-11,14H,1-2H3/b8-3-,12-4+. The minimum Gasteiger partial charge on any atom is -0.302 e. The molecule has 0 saturated carbocycles. The Morgan fingerprint density at radius 1 is 1.20 bits per heavy atom. The number of aldehydes is 1. The first-order valence-electron chi connectivity index (χ1n) is 5.12. The van der Waals surface area contributed by atoms with Crippen molar-refractivity contribution in [3.05, 3.63) is 59.7 Å². The molecule has 0 amide bonds. The van der Waals surface area contributed by atoms with Crippen LogP contribution in [0.15, 0.2) is 54.1 Å². The van der Waals surface area contributed by atoms with Gasteiger partial charge in [0, 0.05) is 0 Å². The SMILES string of the molecule is C/C=C\C(=C/C)C(C=O)c1ccccc1. The highest BCUT2D eigenvalue weighted by molar-refractivity contribution is 5.69. The summed E-state index contributed by atoms with van der Waals surface area (Å²) >= 11 is 0. The van der Waals surface area contributed by atoms with Crippen LogP contribution in [0, 0.1) is 0 Å². The molecule has 1 unspecified atom stereocenters. The maximum Gasteiger partial charge on any atom is 0.131 e. The predicted molar refractivity (Wildman–Crippen MR) is 63.8 cm³/mol. The van der Waals surface area contributed by atoms with Crippen LogP contribution in [0.25, 0.3) is 0 Å². The van der Waals surface area contributed by atoms with Gasteiger partial charge in [0.2, 0.25) is 0 Å². The van der Waals surface area contributed by atoms with Crippen molar-refractivity contribution in [2.75, 3.05) is 0 Å². The number of rotatable bonds is 4. The Morgan fingerprint density at radius 2 is 1.87 bits per heavy atom. The second-order valence-electron chi connectivity index (χ2n) is 3.31. The first kappa shape index (κ1) is 11.4. The van der Waals surface area contributed by atoms with Gasteiger partial charge >= 0.3 is 0 Å². The van der Waals surface area contributed by atoms with E-state index in [9.17, 15) is 4.79 Å². The summed E-state index contributed by atoms with van der Waals surface area (Å²) in [6, 6.07) is 9.82. The normalized spacial score (nSPS) is 14.1. The van der Waals surface area contributed by atoms with Crippen LogP contribution in [0.4, 0.5) is 0 Å². The average molecular weight is 200 g/mol. The van der Waals surface area contributed by atoms with E-state index in [1.54, 1.807) is 0 Å². The Kier molecular flexibility index (Phi) is 4.55. The van der Waals surface area contributed by atoms with Crippen molar-refractivity contribution >= 4 is 6.29 Å². The van der Waals surface area contributed by atoms with Crippen LogP contribution in [-0.2, 0) is 4.79 Å². The fourth-order valence-corrected chi connectivity index (χ4v) is 1.58. The maximum atomic E-state index is 11.1. The molecule has 0 spiro atoms. The van der Waals surface area contributed by atoms with E-state index in [0.717, 1.165) is 17.4 Å². The third-order valence-corrected chi connectivity index (χ3v) is 2.35. The van der Waals surface area contributed by atoms with E-state index < -0.39 is 0 Å². The lowest BCUT2D eigenvalue weighted by Gasteiger charge is -2.11. The van der Waals surface area contributed by atoms with Gasteiger partial charge in [-0.25, -0.2) is 0 Å². The zero-order chi connectivity index (χ0) is 11.1. The third-order valence-electron chi connectivity index (χ3n) is 2.35. The highest BCUT2D eigenvalue weighted by Gasteiger charge is 2.12. The summed E-state index contributed by atoms with van der Waals surface area (Å²) in [6.07, 6.45) is 6.90. The van der Waals surface area contributed by atoms with Crippen LogP contribution in [0.1, 0.15) is 25.3 Å². The van der Waals surface area contributed by atoms with E-state index in [-0.39, 0.29) is 5.92 Å². The molecule has 1 rings (SSSR count). The van der Waals surface area contributed by atoms with Crippen molar-refractivity contribution in [3.8, 4) is 0 Å². The number of carbonyl (C=O) groups excluding carboxylic acids is 1. The Hall–Kier alpha value is -1.63. The molecule has 0 saturated heterocycles. The summed E-state index contributed by atoms with van der Waals surface area (Å²) in [7, 11) is 0. The van der Waals surface area contributed by atoms with Crippen LogP contribution in [0.5, 0.6) is 0 Å². The highest BCUT2D eigenvalue weighted by Crippen LogP contribution is 2.22. The molecule has 0 bridgehead atoms. The molecule has 0 aromatic heterocycles. The van der Waals surface area contributed by atoms with Gasteiger partial charge in [-0.15, -0.1) is 0 Å². The first-order chi connectivity index (χ1) is 7.33. The van der Waals surface area contributed by atoms with Gasteiger partial charge in [0.15, 0.2) is 0 Å². The lowest BCUT2D eigenvalue weighted by molar-refractivity contribution is -0.108. The fraction of sp³-hybridized carbons (Fsp3) is 0.214. The topological polar surface area (TPSA) is 17.1 Å². The minimum atomic E-state index is -0.146. The monoisotopic (exact) mass is 200 g/mol. The number of allylic oxidation sites excluding steroid dienone is 4. The van der Waals surface area contributed by atoms with Crippen molar-refractivity contribution in [2.24, 2.45) is 0 Å². The summed E-state index contributed by atoms with van der Waals surface area (Å²) in [5.74, 6) is -0.146. The number of hydrogen-bond donors (Lipinski definition) is 0. The molecule has 1 aromatic rings. The molecule has 78 valence electrons. The Labute approximate surface area is 91.1 Å². The van der Waals surface area contributed by atoms with Crippen LogP contribution < -0.4 is 0 Å². The zero-order valence-electron chi connectivity index (χ0n) is 9.18. The second kappa shape index (κ2) is 5.97. The summed E-state index contributed by atoms with van der Waals surface area (Å²) in [5.41, 5.74) is 2.08. The lowest BCUT2D eigenvalue weighted by atomic mass is 9.92. The van der Waals surface area contributed by atoms with Gasteiger partial charge in [0.05, 0.1) is 5.92 Å². The molecule has 0 aliphatic carbocycles. The van der Waals surface area contributed by atoms with Crippen LogP contribution >= 0.6 is 0 Å². The van der Waals surface area contributed by atoms with Crippen LogP contribution in [0.3, 0.4) is 0 Å². The van der Waals surface area contributed by atoms with Gasteiger partial charge in [-0.3, -0.25) is 0 Å². The average Bonchev–Trinajstić information content (AvgIpc) is 2.30. The van der Waals surface area contributed by atoms with Crippen molar-refractivity contribution in [2.45, 2.75) is 19.8 Å². The molecule has 0 heterocycles. The summed E-state index contributed by atoms with van der Waals surface area (Å²) < 4.78 is 0. The Morgan fingerprint density at radius 3 is 2.33 bits per heavy atom. The zero-order valence-corrected chi connectivity index (χ0v) is 9.18. The fourth-order valence-electron chi connectivity index (χ4n) is 1.58. The molecule has 0 aliphatic heterocycles. The lowest BCUT2D eigenvalue weighted by Crippen LogP contribution is -2.02. The van der Waals surface area contributed by atoms with Gasteiger partial charge in [-0.2, -0.15) is 0 Å². The van der Waals surface area contributed by atoms with Crippen molar-refractivity contribution in [1.82, 2.24) is 0 Å². The van der Waals surface area contributed by atoms with Crippen LogP contribution in [-0.4, -0.2) is 6.29 Å². The number of carbonyl (C=O) groups is 1. The number of hydrogen-bond acceptors (Lipinski definition) is 1. The molecule has 0 N–H and O–H groups in total. The van der Waals surface area contributed by atoms with E-state index >= 15 is 0 Å². The highest BCUT2D eigenvalue weighted by atomic mass is 16.1. The number of benzene rings is 1. The van der Waals surface area contributed by atoms with Gasteiger partial charge in [0.1, 0.15) is 6.29 Å². The van der Waals surface area contributed by atoms with E-state index in [1.165, 1.54) is 0 Å². The maximum absolute atomic E-state index is 11.1. The largest absolute Gasteiger partial charge is 0.302 e. The molecule has 1 aromatic carbocycles. The summed E-state index contributed by atoms with van der Waals surface area (Å²) in [5, 5.41) is 0. The molecule has 0 fully saturated rings. The summed E-state index contributed by atoms with van der Waals surface area (Å²) in [6.45, 7) is 3.91. The van der Waals surface area contributed by atoms with Crippen molar-refractivity contribution < 1.29 is 4.79 Å². The third kappa shape index (κ3) is 2.91. The van der Waals surface area contributed by atoms with E-state index in [1.807, 2.05) is 62.4 Å². The molecule has 0 radical (unpaired) electrons. The van der Waals surface area contributed by atoms with Gasteiger partial charge in [-0.05, 0) is 25.0 Å².